The molecule has 0 bridgehead atoms. The Labute approximate surface area is 239 Å². The van der Waals surface area contributed by atoms with Crippen LogP contribution in [0.25, 0.3) is 0 Å². The highest BCUT2D eigenvalue weighted by Crippen LogP contribution is 2.28. The Morgan fingerprint density at radius 3 is 2.10 bits per heavy atom. The van der Waals surface area contributed by atoms with E-state index in [1.165, 1.54) is 11.9 Å². The molecule has 0 radical (unpaired) electrons. The number of likely N-dealkylation sites (N-methyl/N-ethyl adjacent to an activating group) is 1. The molecule has 0 aromatic heterocycles. The Balaban J connectivity index is 2.04. The van der Waals surface area contributed by atoms with Gasteiger partial charge in [-0.25, -0.2) is 8.42 Å². The minimum Gasteiger partial charge on any atom is -0.494 e. The van der Waals surface area contributed by atoms with Crippen LogP contribution in [0.2, 0.25) is 10.0 Å². The Hall–Kier alpha value is -3.27. The molecule has 0 spiro atoms. The summed E-state index contributed by atoms with van der Waals surface area (Å²) in [5, 5.41) is 3.27. The van der Waals surface area contributed by atoms with E-state index in [1.54, 1.807) is 42.5 Å². The maximum atomic E-state index is 14.0. The Morgan fingerprint density at radius 1 is 0.949 bits per heavy atom. The molecule has 0 fully saturated rings. The molecule has 2 amide bonds. The standard InChI is InChI=1S/C28H31Cl2N3O5S/c1-4-38-22-15-13-21(14-16-22)33(39(3,36)37)19-27(34)32(18-23-24(29)11-8-12-25(23)30)26(28(35)31-2)17-20-9-6-5-7-10-20/h5-16,26H,4,17-19H2,1-3H3,(H,31,35)/t26-/m1/s1. The van der Waals surface area contributed by atoms with Crippen LogP contribution >= 0.6 is 23.2 Å². The number of carbonyl (C=O) groups is 2. The Bertz CT molecular complexity index is 1370. The summed E-state index contributed by atoms with van der Waals surface area (Å²) in [6.07, 6.45) is 1.21. The largest absolute Gasteiger partial charge is 0.494 e. The van der Waals surface area contributed by atoms with E-state index in [0.717, 1.165) is 16.1 Å². The summed E-state index contributed by atoms with van der Waals surface area (Å²) in [5.41, 5.74) is 1.55. The summed E-state index contributed by atoms with van der Waals surface area (Å²) in [6, 6.07) is 19.6. The average Bonchev–Trinajstić information content (AvgIpc) is 2.91. The number of hydrogen-bond acceptors (Lipinski definition) is 5. The summed E-state index contributed by atoms with van der Waals surface area (Å²) >= 11 is 12.9. The predicted octanol–water partition coefficient (Wildman–Crippen LogP) is 4.54. The van der Waals surface area contributed by atoms with Gasteiger partial charge in [0, 0.05) is 35.6 Å². The zero-order valence-corrected chi connectivity index (χ0v) is 24.3. The molecule has 0 saturated carbocycles. The number of carbonyl (C=O) groups excluding carboxylic acids is 2. The van der Waals surface area contributed by atoms with E-state index in [4.69, 9.17) is 27.9 Å². The van der Waals surface area contributed by atoms with Gasteiger partial charge < -0.3 is 15.0 Å². The van der Waals surface area contributed by atoms with Gasteiger partial charge in [0.05, 0.1) is 18.6 Å². The highest BCUT2D eigenvalue weighted by molar-refractivity contribution is 7.92. The first-order chi connectivity index (χ1) is 18.5. The van der Waals surface area contributed by atoms with E-state index >= 15 is 0 Å². The fourth-order valence-electron chi connectivity index (χ4n) is 4.06. The zero-order valence-electron chi connectivity index (χ0n) is 21.9. The second kappa shape index (κ2) is 13.7. The molecule has 0 saturated heterocycles. The van der Waals surface area contributed by atoms with E-state index in [2.05, 4.69) is 5.32 Å². The molecule has 3 aromatic rings. The topological polar surface area (TPSA) is 96.0 Å². The highest BCUT2D eigenvalue weighted by Gasteiger charge is 2.33. The van der Waals surface area contributed by atoms with Crippen LogP contribution in [0.15, 0.2) is 72.8 Å². The van der Waals surface area contributed by atoms with Crippen molar-refractivity contribution in [2.75, 3.05) is 30.8 Å². The van der Waals surface area contributed by atoms with Gasteiger partial charge in [-0.05, 0) is 48.9 Å². The second-order valence-corrected chi connectivity index (χ2v) is 11.5. The zero-order chi connectivity index (χ0) is 28.6. The van der Waals surface area contributed by atoms with E-state index in [9.17, 15) is 18.0 Å². The fraction of sp³-hybridized carbons (Fsp3) is 0.286. The third kappa shape index (κ3) is 8.11. The molecular weight excluding hydrogens is 561 g/mol. The van der Waals surface area contributed by atoms with Crippen molar-refractivity contribution in [3.05, 3.63) is 94.0 Å². The molecule has 0 aliphatic heterocycles. The number of ether oxygens (including phenoxy) is 1. The van der Waals surface area contributed by atoms with Crippen LogP contribution in [0, 0.1) is 0 Å². The molecule has 39 heavy (non-hydrogen) atoms. The minimum atomic E-state index is -3.88. The van der Waals surface area contributed by atoms with Crippen molar-refractivity contribution in [3.8, 4) is 5.75 Å². The number of sulfonamides is 1. The smallest absolute Gasteiger partial charge is 0.244 e. The molecule has 11 heteroatoms. The molecule has 0 heterocycles. The lowest BCUT2D eigenvalue weighted by atomic mass is 10.0. The molecular formula is C28H31Cl2N3O5S. The van der Waals surface area contributed by atoms with Crippen LogP contribution in [-0.4, -0.2) is 57.6 Å². The lowest BCUT2D eigenvalue weighted by molar-refractivity contribution is -0.139. The summed E-state index contributed by atoms with van der Waals surface area (Å²) in [5.74, 6) is -0.448. The first-order valence-electron chi connectivity index (χ1n) is 12.2. The molecule has 3 rings (SSSR count). The van der Waals surface area contributed by atoms with Crippen molar-refractivity contribution in [2.45, 2.75) is 25.9 Å². The predicted molar refractivity (Wildman–Crippen MR) is 155 cm³/mol. The maximum Gasteiger partial charge on any atom is 0.244 e. The summed E-state index contributed by atoms with van der Waals surface area (Å²) in [7, 11) is -2.40. The van der Waals surface area contributed by atoms with Gasteiger partial charge in [-0.2, -0.15) is 0 Å². The van der Waals surface area contributed by atoms with E-state index in [-0.39, 0.29) is 18.7 Å². The third-order valence-electron chi connectivity index (χ3n) is 6.02. The number of amides is 2. The number of anilines is 1. The van der Waals surface area contributed by atoms with Gasteiger partial charge in [0.15, 0.2) is 0 Å². The fourth-order valence-corrected chi connectivity index (χ4v) is 5.43. The van der Waals surface area contributed by atoms with Crippen molar-refractivity contribution >= 4 is 50.7 Å². The Morgan fingerprint density at radius 2 is 1.56 bits per heavy atom. The van der Waals surface area contributed by atoms with Gasteiger partial charge >= 0.3 is 0 Å². The van der Waals surface area contributed by atoms with Gasteiger partial charge in [0.25, 0.3) is 0 Å². The minimum absolute atomic E-state index is 0.108. The number of rotatable bonds is 12. The first kappa shape index (κ1) is 30.3. The average molecular weight is 593 g/mol. The molecule has 1 N–H and O–H groups in total. The van der Waals surface area contributed by atoms with Crippen LogP contribution in [0.4, 0.5) is 5.69 Å². The van der Waals surface area contributed by atoms with Crippen molar-refractivity contribution in [1.29, 1.82) is 0 Å². The number of benzene rings is 3. The number of hydrogen-bond donors (Lipinski definition) is 1. The molecule has 0 aliphatic rings. The van der Waals surface area contributed by atoms with Crippen molar-refractivity contribution in [2.24, 2.45) is 0 Å². The highest BCUT2D eigenvalue weighted by atomic mass is 35.5. The van der Waals surface area contributed by atoms with E-state index in [0.29, 0.717) is 28.0 Å². The monoisotopic (exact) mass is 591 g/mol. The summed E-state index contributed by atoms with van der Waals surface area (Å²) in [6.45, 7) is 1.64. The van der Waals surface area contributed by atoms with Gasteiger partial charge in [0.2, 0.25) is 21.8 Å². The quantitative estimate of drug-likeness (QED) is 0.333. The number of nitrogens with one attached hydrogen (secondary N) is 1. The van der Waals surface area contributed by atoms with Gasteiger partial charge in [-0.15, -0.1) is 0 Å². The van der Waals surface area contributed by atoms with Crippen molar-refractivity contribution in [1.82, 2.24) is 10.2 Å². The SMILES string of the molecule is CCOc1ccc(N(CC(=O)N(Cc2c(Cl)cccc2Cl)[C@H](Cc2ccccc2)C(=O)NC)S(C)(=O)=O)cc1. The van der Waals surface area contributed by atoms with Gasteiger partial charge in [-0.3, -0.25) is 13.9 Å². The molecule has 8 nitrogen and oxygen atoms in total. The first-order valence-corrected chi connectivity index (χ1v) is 14.8. The van der Waals surface area contributed by atoms with Crippen molar-refractivity contribution in [3.63, 3.8) is 0 Å². The van der Waals surface area contributed by atoms with Gasteiger partial charge in [-0.1, -0.05) is 59.6 Å². The van der Waals surface area contributed by atoms with Gasteiger partial charge in [0.1, 0.15) is 18.3 Å². The molecule has 1 atom stereocenters. The van der Waals surface area contributed by atoms with Crippen molar-refractivity contribution < 1.29 is 22.7 Å². The summed E-state index contributed by atoms with van der Waals surface area (Å²) < 4.78 is 32.1. The molecule has 208 valence electrons. The number of halogens is 2. The van der Waals surface area contributed by atoms with Crippen LogP contribution < -0.4 is 14.4 Å². The molecule has 0 unspecified atom stereocenters. The lowest BCUT2D eigenvalue weighted by Crippen LogP contribution is -2.53. The second-order valence-electron chi connectivity index (χ2n) is 8.74. The van der Waals surface area contributed by atoms with Crippen LogP contribution in [-0.2, 0) is 32.6 Å². The third-order valence-corrected chi connectivity index (χ3v) is 7.87. The van der Waals surface area contributed by atoms with Crippen LogP contribution in [0.1, 0.15) is 18.1 Å². The van der Waals surface area contributed by atoms with E-state index < -0.39 is 34.4 Å². The Kier molecular flexibility index (Phi) is 10.6. The number of nitrogens with zero attached hydrogens (tertiary/aromatic N) is 2. The van der Waals surface area contributed by atoms with Crippen LogP contribution in [0.3, 0.4) is 0 Å². The van der Waals surface area contributed by atoms with E-state index in [1.807, 2.05) is 37.3 Å². The van der Waals surface area contributed by atoms with Crippen LogP contribution in [0.5, 0.6) is 5.75 Å². The lowest BCUT2D eigenvalue weighted by Gasteiger charge is -2.33. The molecule has 0 aliphatic carbocycles. The normalized spacial score (nSPS) is 11.9. The molecule has 3 aromatic carbocycles. The maximum absolute atomic E-state index is 14.0. The summed E-state index contributed by atoms with van der Waals surface area (Å²) in [4.78, 5) is 28.4.